The summed E-state index contributed by atoms with van der Waals surface area (Å²) in [7, 11) is 1.58. The molecule has 0 bridgehead atoms. The number of anilines is 1. The number of rotatable bonds is 4. The molecule has 162 valence electrons. The molecule has 1 N–H and O–H groups in total. The lowest BCUT2D eigenvalue weighted by Crippen LogP contribution is -2.49. The fourth-order valence-electron chi connectivity index (χ4n) is 3.81. The number of likely N-dealkylation sites (N-methyl/N-ethyl adjacent to an activating group) is 1. The lowest BCUT2D eigenvalue weighted by Gasteiger charge is -2.36. The van der Waals surface area contributed by atoms with E-state index < -0.39 is 0 Å². The third kappa shape index (κ3) is 4.31. The summed E-state index contributed by atoms with van der Waals surface area (Å²) in [5.74, 6) is -0.245. The Bertz CT molecular complexity index is 1140. The number of fused-ring (bicyclic) bond motifs is 1. The molecule has 10 heteroatoms. The third-order valence-corrected chi connectivity index (χ3v) is 6.17. The molecule has 0 spiro atoms. The van der Waals surface area contributed by atoms with Crippen LogP contribution in [0, 0.1) is 0 Å². The maximum atomic E-state index is 13.3. The van der Waals surface area contributed by atoms with Crippen molar-refractivity contribution in [2.75, 3.05) is 38.1 Å². The Kier molecular flexibility index (Phi) is 6.27. The van der Waals surface area contributed by atoms with E-state index >= 15 is 0 Å². The first-order valence-corrected chi connectivity index (χ1v) is 10.8. The summed E-state index contributed by atoms with van der Waals surface area (Å²) in [5, 5.41) is 4.89. The number of nitrogens with zero attached hydrogens (tertiary/aromatic N) is 4. The second kappa shape index (κ2) is 8.94. The third-order valence-electron chi connectivity index (χ3n) is 5.38. The summed E-state index contributed by atoms with van der Waals surface area (Å²) >= 11 is 18.7. The van der Waals surface area contributed by atoms with Gasteiger partial charge in [0.15, 0.2) is 0 Å². The first-order valence-electron chi connectivity index (χ1n) is 9.71. The minimum absolute atomic E-state index is 0.0884. The average molecular weight is 481 g/mol. The second-order valence-electron chi connectivity index (χ2n) is 7.24. The van der Waals surface area contributed by atoms with Crippen LogP contribution >= 0.6 is 34.8 Å². The van der Waals surface area contributed by atoms with Crippen molar-refractivity contribution in [3.8, 4) is 0 Å². The van der Waals surface area contributed by atoms with Gasteiger partial charge in [-0.15, -0.1) is 0 Å². The second-order valence-corrected chi connectivity index (χ2v) is 8.49. The highest BCUT2D eigenvalue weighted by atomic mass is 35.5. The van der Waals surface area contributed by atoms with E-state index in [-0.39, 0.29) is 18.4 Å². The molecular weight excluding hydrogens is 461 g/mol. The molecule has 0 radical (unpaired) electrons. The van der Waals surface area contributed by atoms with E-state index in [1.54, 1.807) is 47.2 Å². The molecule has 1 aliphatic heterocycles. The Morgan fingerprint density at radius 1 is 1.06 bits per heavy atom. The van der Waals surface area contributed by atoms with Gasteiger partial charge < -0.3 is 19.7 Å². The van der Waals surface area contributed by atoms with Gasteiger partial charge in [0, 0.05) is 62.2 Å². The van der Waals surface area contributed by atoms with E-state index in [0.717, 1.165) is 16.6 Å². The quantitative estimate of drug-likeness (QED) is 0.618. The number of piperazine rings is 1. The van der Waals surface area contributed by atoms with Gasteiger partial charge in [0.1, 0.15) is 6.54 Å². The zero-order chi connectivity index (χ0) is 22.1. The standard InChI is InChI=1S/C21H20Cl3N5O2/c1-25-19(30)12-29-11-15(14-3-2-13(22)8-18(14)29)21(31)28-6-4-27(5-7-28)20-16(23)9-26-10-17(20)24/h2-3,8-11H,4-7,12H2,1H3,(H,25,30). The van der Waals surface area contributed by atoms with Crippen LogP contribution in [0.15, 0.2) is 36.8 Å². The van der Waals surface area contributed by atoms with Crippen LogP contribution in [0.3, 0.4) is 0 Å². The average Bonchev–Trinajstić information content (AvgIpc) is 3.11. The lowest BCUT2D eigenvalue weighted by molar-refractivity contribution is -0.121. The smallest absolute Gasteiger partial charge is 0.256 e. The Morgan fingerprint density at radius 3 is 2.39 bits per heavy atom. The highest BCUT2D eigenvalue weighted by molar-refractivity contribution is 6.39. The topological polar surface area (TPSA) is 70.5 Å². The van der Waals surface area contributed by atoms with Crippen molar-refractivity contribution in [3.05, 3.63) is 57.4 Å². The fraction of sp³-hybridized carbons (Fsp3) is 0.286. The summed E-state index contributed by atoms with van der Waals surface area (Å²) in [4.78, 5) is 33.1. The molecule has 1 saturated heterocycles. The molecule has 0 atom stereocenters. The van der Waals surface area contributed by atoms with Crippen LogP contribution in [0.4, 0.5) is 5.69 Å². The van der Waals surface area contributed by atoms with Crippen molar-refractivity contribution in [1.29, 1.82) is 0 Å². The zero-order valence-corrected chi connectivity index (χ0v) is 19.0. The Hall–Kier alpha value is -2.48. The number of nitrogens with one attached hydrogen (secondary N) is 1. The minimum atomic E-state index is -0.157. The molecule has 7 nitrogen and oxygen atoms in total. The van der Waals surface area contributed by atoms with Crippen molar-refractivity contribution >= 4 is 63.2 Å². The van der Waals surface area contributed by atoms with Crippen LogP contribution in [0.25, 0.3) is 10.9 Å². The predicted octanol–water partition coefficient (Wildman–Crippen LogP) is 3.70. The molecule has 1 aliphatic rings. The largest absolute Gasteiger partial charge is 0.365 e. The first-order chi connectivity index (χ1) is 14.9. The number of hydrogen-bond acceptors (Lipinski definition) is 4. The molecule has 0 saturated carbocycles. The van der Waals surface area contributed by atoms with Gasteiger partial charge in [0.25, 0.3) is 5.91 Å². The minimum Gasteiger partial charge on any atom is -0.365 e. The van der Waals surface area contributed by atoms with Crippen LogP contribution in [0.2, 0.25) is 15.1 Å². The number of carbonyl (C=O) groups is 2. The van der Waals surface area contributed by atoms with Gasteiger partial charge in [0.2, 0.25) is 5.91 Å². The normalized spacial score (nSPS) is 14.2. The van der Waals surface area contributed by atoms with Crippen molar-refractivity contribution in [3.63, 3.8) is 0 Å². The molecule has 2 aromatic heterocycles. The molecular formula is C21H20Cl3N5O2. The fourth-order valence-corrected chi connectivity index (χ4v) is 4.58. The number of aromatic nitrogens is 2. The predicted molar refractivity (Wildman–Crippen MR) is 123 cm³/mol. The summed E-state index contributed by atoms with van der Waals surface area (Å²) in [6, 6.07) is 5.33. The Balaban J connectivity index is 1.57. The monoisotopic (exact) mass is 479 g/mol. The molecule has 4 rings (SSSR count). The van der Waals surface area contributed by atoms with E-state index in [9.17, 15) is 9.59 Å². The van der Waals surface area contributed by atoms with E-state index in [4.69, 9.17) is 34.8 Å². The summed E-state index contributed by atoms with van der Waals surface area (Å²) < 4.78 is 1.75. The van der Waals surface area contributed by atoms with Gasteiger partial charge in [-0.1, -0.05) is 40.9 Å². The van der Waals surface area contributed by atoms with Crippen molar-refractivity contribution in [2.45, 2.75) is 6.54 Å². The van der Waals surface area contributed by atoms with Crippen LogP contribution in [-0.2, 0) is 11.3 Å². The van der Waals surface area contributed by atoms with Crippen LogP contribution in [0.5, 0.6) is 0 Å². The van der Waals surface area contributed by atoms with Gasteiger partial charge in [-0.3, -0.25) is 14.6 Å². The number of halogens is 3. The SMILES string of the molecule is CNC(=O)Cn1cc(C(=O)N2CCN(c3c(Cl)cncc3Cl)CC2)c2ccc(Cl)cc21. The van der Waals surface area contributed by atoms with Crippen LogP contribution < -0.4 is 10.2 Å². The molecule has 1 fully saturated rings. The maximum Gasteiger partial charge on any atom is 0.256 e. The van der Waals surface area contributed by atoms with E-state index in [0.29, 0.717) is 46.8 Å². The molecule has 3 heterocycles. The molecule has 0 unspecified atom stereocenters. The number of carbonyl (C=O) groups excluding carboxylic acids is 2. The first kappa shape index (κ1) is 21.7. The lowest BCUT2D eigenvalue weighted by atomic mass is 10.1. The van der Waals surface area contributed by atoms with Gasteiger partial charge in [-0.2, -0.15) is 0 Å². The van der Waals surface area contributed by atoms with Gasteiger partial charge >= 0.3 is 0 Å². The molecule has 1 aromatic carbocycles. The Morgan fingerprint density at radius 2 is 1.74 bits per heavy atom. The molecule has 2 amide bonds. The van der Waals surface area contributed by atoms with Gasteiger partial charge in [-0.25, -0.2) is 0 Å². The number of hydrogen-bond donors (Lipinski definition) is 1. The van der Waals surface area contributed by atoms with Gasteiger partial charge in [-0.05, 0) is 12.1 Å². The van der Waals surface area contributed by atoms with Crippen molar-refractivity contribution in [1.82, 2.24) is 19.8 Å². The van der Waals surface area contributed by atoms with Crippen LogP contribution in [-0.4, -0.2) is 59.5 Å². The van der Waals surface area contributed by atoms with E-state index in [2.05, 4.69) is 15.2 Å². The number of pyridine rings is 1. The van der Waals surface area contributed by atoms with E-state index in [1.165, 1.54) is 0 Å². The molecule has 0 aliphatic carbocycles. The molecule has 3 aromatic rings. The zero-order valence-electron chi connectivity index (χ0n) is 16.7. The van der Waals surface area contributed by atoms with E-state index in [1.807, 2.05) is 6.07 Å². The van der Waals surface area contributed by atoms with Crippen LogP contribution in [0.1, 0.15) is 10.4 Å². The summed E-state index contributed by atoms with van der Waals surface area (Å²) in [6.07, 6.45) is 4.85. The highest BCUT2D eigenvalue weighted by Crippen LogP contribution is 2.33. The summed E-state index contributed by atoms with van der Waals surface area (Å²) in [5.41, 5.74) is 2.03. The van der Waals surface area contributed by atoms with Gasteiger partial charge in [0.05, 0.1) is 26.8 Å². The van der Waals surface area contributed by atoms with Crippen molar-refractivity contribution in [2.24, 2.45) is 0 Å². The van der Waals surface area contributed by atoms with Crippen molar-refractivity contribution < 1.29 is 9.59 Å². The summed E-state index contributed by atoms with van der Waals surface area (Å²) in [6.45, 7) is 2.33. The molecule has 31 heavy (non-hydrogen) atoms. The maximum absolute atomic E-state index is 13.3. The highest BCUT2D eigenvalue weighted by Gasteiger charge is 2.27. The number of benzene rings is 1. The number of amides is 2. The Labute approximate surface area is 194 Å².